The standard InChI is InChI=1S/C10H12ClNO3S/c1-3-10(13)12-8-4-5-9(7(2)6-8)16(11,14)15/h4-6H,3H2,1-2H3,(H,12,13). The third-order valence-corrected chi connectivity index (χ3v) is 3.52. The molecule has 0 atom stereocenters. The van der Waals surface area contributed by atoms with Crippen LogP contribution < -0.4 is 5.32 Å². The number of carbonyl (C=O) groups is 1. The summed E-state index contributed by atoms with van der Waals surface area (Å²) in [5.74, 6) is -0.124. The molecule has 0 aliphatic carbocycles. The first-order chi connectivity index (χ1) is 7.34. The first kappa shape index (κ1) is 13.0. The van der Waals surface area contributed by atoms with Gasteiger partial charge in [-0.25, -0.2) is 8.42 Å². The van der Waals surface area contributed by atoms with Gasteiger partial charge < -0.3 is 5.32 Å². The van der Waals surface area contributed by atoms with Crippen LogP contribution in [0.3, 0.4) is 0 Å². The third-order valence-electron chi connectivity index (χ3n) is 2.04. The largest absolute Gasteiger partial charge is 0.326 e. The van der Waals surface area contributed by atoms with Crippen LogP contribution in [-0.2, 0) is 13.8 Å². The summed E-state index contributed by atoms with van der Waals surface area (Å²) in [4.78, 5) is 11.2. The molecule has 1 rings (SSSR count). The first-order valence-electron chi connectivity index (χ1n) is 4.69. The van der Waals surface area contributed by atoms with Crippen LogP contribution in [0.5, 0.6) is 0 Å². The molecule has 0 spiro atoms. The first-order valence-corrected chi connectivity index (χ1v) is 7.00. The maximum Gasteiger partial charge on any atom is 0.261 e. The fourth-order valence-electron chi connectivity index (χ4n) is 1.25. The summed E-state index contributed by atoms with van der Waals surface area (Å²) >= 11 is 0. The molecule has 1 N–H and O–H groups in total. The summed E-state index contributed by atoms with van der Waals surface area (Å²) in [6, 6.07) is 4.46. The van der Waals surface area contributed by atoms with E-state index >= 15 is 0 Å². The van der Waals surface area contributed by atoms with Gasteiger partial charge in [-0.1, -0.05) is 6.92 Å². The minimum Gasteiger partial charge on any atom is -0.326 e. The molecule has 0 radical (unpaired) electrons. The summed E-state index contributed by atoms with van der Waals surface area (Å²) in [7, 11) is 1.51. The smallest absolute Gasteiger partial charge is 0.261 e. The zero-order valence-electron chi connectivity index (χ0n) is 8.95. The van der Waals surface area contributed by atoms with Crippen molar-refractivity contribution in [2.45, 2.75) is 25.2 Å². The van der Waals surface area contributed by atoms with Gasteiger partial charge in [-0.2, -0.15) is 0 Å². The van der Waals surface area contributed by atoms with Crippen LogP contribution in [0.2, 0.25) is 0 Å². The SMILES string of the molecule is CCC(=O)Nc1ccc(S(=O)(=O)Cl)c(C)c1. The fraction of sp³-hybridized carbons (Fsp3) is 0.300. The second-order valence-corrected chi connectivity index (χ2v) is 5.85. The van der Waals surface area contributed by atoms with E-state index in [0.29, 0.717) is 17.7 Å². The van der Waals surface area contributed by atoms with Gasteiger partial charge >= 0.3 is 0 Å². The molecule has 88 valence electrons. The number of carbonyl (C=O) groups excluding carboxylic acids is 1. The van der Waals surface area contributed by atoms with Crippen LogP contribution >= 0.6 is 10.7 Å². The Labute approximate surface area is 99.0 Å². The Hall–Kier alpha value is -1.07. The van der Waals surface area contributed by atoms with Crippen LogP contribution in [0.25, 0.3) is 0 Å². The van der Waals surface area contributed by atoms with E-state index in [1.54, 1.807) is 19.9 Å². The van der Waals surface area contributed by atoms with Crippen molar-refractivity contribution in [1.82, 2.24) is 0 Å². The molecule has 0 saturated heterocycles. The monoisotopic (exact) mass is 261 g/mol. The number of nitrogens with one attached hydrogen (secondary N) is 1. The molecular weight excluding hydrogens is 250 g/mol. The molecule has 0 aliphatic heterocycles. The Morgan fingerprint density at radius 3 is 2.50 bits per heavy atom. The van der Waals surface area contributed by atoms with Crippen LogP contribution in [-0.4, -0.2) is 14.3 Å². The highest BCUT2D eigenvalue weighted by Gasteiger charge is 2.13. The topological polar surface area (TPSA) is 63.2 Å². The van der Waals surface area contributed by atoms with Gasteiger partial charge in [0.2, 0.25) is 5.91 Å². The van der Waals surface area contributed by atoms with Gasteiger partial charge in [0.25, 0.3) is 9.05 Å². The molecule has 0 heterocycles. The van der Waals surface area contributed by atoms with Crippen LogP contribution in [0.1, 0.15) is 18.9 Å². The van der Waals surface area contributed by atoms with E-state index in [-0.39, 0.29) is 10.8 Å². The van der Waals surface area contributed by atoms with Gasteiger partial charge in [-0.05, 0) is 30.7 Å². The van der Waals surface area contributed by atoms with Crippen LogP contribution in [0, 0.1) is 6.92 Å². The van der Waals surface area contributed by atoms with E-state index < -0.39 is 9.05 Å². The highest BCUT2D eigenvalue weighted by atomic mass is 35.7. The molecule has 1 amide bonds. The molecule has 0 bridgehead atoms. The normalized spacial score (nSPS) is 11.2. The zero-order chi connectivity index (χ0) is 12.3. The number of halogens is 1. The maximum atomic E-state index is 11.1. The van der Waals surface area contributed by atoms with Crippen molar-refractivity contribution in [3.05, 3.63) is 23.8 Å². The zero-order valence-corrected chi connectivity index (χ0v) is 10.5. The predicted molar refractivity (Wildman–Crippen MR) is 63.1 cm³/mol. The molecule has 0 unspecified atom stereocenters. The Morgan fingerprint density at radius 2 is 2.06 bits per heavy atom. The quantitative estimate of drug-likeness (QED) is 0.849. The van der Waals surface area contributed by atoms with E-state index in [0.717, 1.165) is 0 Å². The minimum atomic E-state index is -3.72. The van der Waals surface area contributed by atoms with Crippen molar-refractivity contribution >= 4 is 31.3 Å². The summed E-state index contributed by atoms with van der Waals surface area (Å²) < 4.78 is 22.2. The molecule has 0 fully saturated rings. The number of anilines is 1. The third kappa shape index (κ3) is 3.21. The molecule has 0 saturated carbocycles. The number of hydrogen-bond donors (Lipinski definition) is 1. The molecule has 16 heavy (non-hydrogen) atoms. The van der Waals surface area contributed by atoms with Gasteiger partial charge in [0.05, 0.1) is 4.90 Å². The van der Waals surface area contributed by atoms with Crippen molar-refractivity contribution in [1.29, 1.82) is 0 Å². The summed E-state index contributed by atoms with van der Waals surface area (Å²) in [6.45, 7) is 3.36. The predicted octanol–water partition coefficient (Wildman–Crippen LogP) is 2.27. The van der Waals surface area contributed by atoms with Crippen LogP contribution in [0.15, 0.2) is 23.1 Å². The average Bonchev–Trinajstić information content (AvgIpc) is 2.15. The molecule has 4 nitrogen and oxygen atoms in total. The molecule has 0 aliphatic rings. The molecule has 6 heteroatoms. The number of hydrogen-bond acceptors (Lipinski definition) is 3. The summed E-state index contributed by atoms with van der Waals surface area (Å²) in [5.41, 5.74) is 1.07. The van der Waals surface area contributed by atoms with Gasteiger partial charge in [-0.15, -0.1) is 0 Å². The van der Waals surface area contributed by atoms with Crippen molar-refractivity contribution in [2.24, 2.45) is 0 Å². The Bertz CT molecular complexity index is 511. The fourth-order valence-corrected chi connectivity index (χ4v) is 2.44. The molecule has 0 aromatic heterocycles. The second kappa shape index (κ2) is 4.84. The van der Waals surface area contributed by atoms with E-state index in [4.69, 9.17) is 10.7 Å². The number of amides is 1. The minimum absolute atomic E-state index is 0.0589. The highest BCUT2D eigenvalue weighted by Crippen LogP contribution is 2.22. The van der Waals surface area contributed by atoms with E-state index in [2.05, 4.69) is 5.32 Å². The molecule has 1 aromatic rings. The lowest BCUT2D eigenvalue weighted by atomic mass is 10.2. The lowest BCUT2D eigenvalue weighted by Gasteiger charge is -2.07. The lowest BCUT2D eigenvalue weighted by molar-refractivity contribution is -0.115. The summed E-state index contributed by atoms with van der Waals surface area (Å²) in [5, 5.41) is 2.63. The molecular formula is C10H12ClNO3S. The Balaban J connectivity index is 3.05. The molecule has 1 aromatic carbocycles. The van der Waals surface area contributed by atoms with Gasteiger partial charge in [0.1, 0.15) is 0 Å². The van der Waals surface area contributed by atoms with Crippen molar-refractivity contribution in [3.63, 3.8) is 0 Å². The highest BCUT2D eigenvalue weighted by molar-refractivity contribution is 8.13. The number of rotatable bonds is 3. The van der Waals surface area contributed by atoms with Crippen LogP contribution in [0.4, 0.5) is 5.69 Å². The van der Waals surface area contributed by atoms with Crippen molar-refractivity contribution < 1.29 is 13.2 Å². The van der Waals surface area contributed by atoms with Gasteiger partial charge in [-0.3, -0.25) is 4.79 Å². The van der Waals surface area contributed by atoms with E-state index in [1.165, 1.54) is 12.1 Å². The summed E-state index contributed by atoms with van der Waals surface area (Å²) in [6.07, 6.45) is 0.370. The lowest BCUT2D eigenvalue weighted by Crippen LogP contribution is -2.09. The van der Waals surface area contributed by atoms with E-state index in [1.807, 2.05) is 0 Å². The number of benzene rings is 1. The second-order valence-electron chi connectivity index (χ2n) is 3.32. The van der Waals surface area contributed by atoms with Gasteiger partial charge in [0, 0.05) is 22.8 Å². The number of aryl methyl sites for hydroxylation is 1. The van der Waals surface area contributed by atoms with Gasteiger partial charge in [0.15, 0.2) is 0 Å². The van der Waals surface area contributed by atoms with Crippen molar-refractivity contribution in [3.8, 4) is 0 Å². The van der Waals surface area contributed by atoms with E-state index in [9.17, 15) is 13.2 Å². The Kier molecular flexibility index (Phi) is 3.93. The van der Waals surface area contributed by atoms with Crippen molar-refractivity contribution in [2.75, 3.05) is 5.32 Å². The Morgan fingerprint density at radius 1 is 1.44 bits per heavy atom. The average molecular weight is 262 g/mol. The maximum absolute atomic E-state index is 11.1.